The minimum Gasteiger partial charge on any atom is -0.464 e. The van der Waals surface area contributed by atoms with Gasteiger partial charge in [0.2, 0.25) is 5.78 Å². The predicted octanol–water partition coefficient (Wildman–Crippen LogP) is 5.90. The number of fused-ring (bicyclic) bond motifs is 2. The minimum atomic E-state index is -0.111. The van der Waals surface area contributed by atoms with E-state index in [0.717, 1.165) is 52.9 Å². The van der Waals surface area contributed by atoms with Crippen molar-refractivity contribution in [1.82, 2.24) is 4.98 Å². The number of thiophene rings is 1. The number of hydrogen-bond donors (Lipinski definition) is 1. The summed E-state index contributed by atoms with van der Waals surface area (Å²) in [6.07, 6.45) is 5.80. The van der Waals surface area contributed by atoms with E-state index in [4.69, 9.17) is 26.7 Å². The molecule has 1 aromatic carbocycles. The molecule has 0 amide bonds. The van der Waals surface area contributed by atoms with Crippen molar-refractivity contribution in [2.24, 2.45) is 0 Å². The SMILES string of the molecule is Nc1c(C(=O)c2ccc(Cl)cc2)sc2nc3c(c(-c4ccco4)c12)CCCC3. The number of aromatic nitrogens is 1. The smallest absolute Gasteiger partial charge is 0.205 e. The molecule has 0 aliphatic heterocycles. The molecule has 1 aliphatic rings. The van der Waals surface area contributed by atoms with Gasteiger partial charge in [0.25, 0.3) is 0 Å². The first kappa shape index (κ1) is 17.5. The van der Waals surface area contributed by atoms with Crippen LogP contribution in [0.2, 0.25) is 5.02 Å². The highest BCUT2D eigenvalue weighted by Gasteiger charge is 2.27. The number of pyridine rings is 1. The molecule has 5 rings (SSSR count). The molecular formula is C22H17ClN2O2S. The van der Waals surface area contributed by atoms with E-state index in [2.05, 4.69) is 0 Å². The third-order valence-corrected chi connectivity index (χ3v) is 6.58. The maximum Gasteiger partial charge on any atom is 0.205 e. The number of furan rings is 1. The summed E-state index contributed by atoms with van der Waals surface area (Å²) >= 11 is 7.31. The zero-order valence-corrected chi connectivity index (χ0v) is 16.6. The maximum absolute atomic E-state index is 13.1. The first-order valence-electron chi connectivity index (χ1n) is 9.21. The zero-order valence-electron chi connectivity index (χ0n) is 15.0. The van der Waals surface area contributed by atoms with Crippen LogP contribution in [0.15, 0.2) is 47.1 Å². The van der Waals surface area contributed by atoms with Gasteiger partial charge in [0, 0.05) is 27.2 Å². The lowest BCUT2D eigenvalue weighted by Gasteiger charge is -2.18. The molecule has 6 heteroatoms. The summed E-state index contributed by atoms with van der Waals surface area (Å²) in [5.74, 6) is 0.668. The molecule has 0 fully saturated rings. The number of rotatable bonds is 3. The van der Waals surface area contributed by atoms with Gasteiger partial charge in [-0.25, -0.2) is 4.98 Å². The van der Waals surface area contributed by atoms with Crippen LogP contribution < -0.4 is 5.73 Å². The Bertz CT molecular complexity index is 1190. The first-order valence-corrected chi connectivity index (χ1v) is 10.4. The Balaban J connectivity index is 1.76. The van der Waals surface area contributed by atoms with E-state index in [0.29, 0.717) is 21.2 Å². The molecular weight excluding hydrogens is 392 g/mol. The van der Waals surface area contributed by atoms with Gasteiger partial charge in [-0.3, -0.25) is 4.79 Å². The summed E-state index contributed by atoms with van der Waals surface area (Å²) in [7, 11) is 0. The van der Waals surface area contributed by atoms with Gasteiger partial charge in [0.1, 0.15) is 15.5 Å². The number of benzene rings is 1. The molecule has 2 N–H and O–H groups in total. The number of carbonyl (C=O) groups excluding carboxylic acids is 1. The van der Waals surface area contributed by atoms with Gasteiger partial charge in [-0.15, -0.1) is 11.3 Å². The van der Waals surface area contributed by atoms with Crippen molar-refractivity contribution in [3.63, 3.8) is 0 Å². The lowest BCUT2D eigenvalue weighted by atomic mass is 9.89. The van der Waals surface area contributed by atoms with Crippen molar-refractivity contribution < 1.29 is 9.21 Å². The zero-order chi connectivity index (χ0) is 19.3. The monoisotopic (exact) mass is 408 g/mol. The van der Waals surface area contributed by atoms with Crippen LogP contribution in [0, 0.1) is 0 Å². The molecule has 28 heavy (non-hydrogen) atoms. The van der Waals surface area contributed by atoms with Crippen LogP contribution >= 0.6 is 22.9 Å². The summed E-state index contributed by atoms with van der Waals surface area (Å²) in [6, 6.07) is 10.7. The molecule has 3 aromatic heterocycles. The summed E-state index contributed by atoms with van der Waals surface area (Å²) in [6.45, 7) is 0. The first-order chi connectivity index (χ1) is 13.6. The fourth-order valence-electron chi connectivity index (χ4n) is 3.90. The number of anilines is 1. The van der Waals surface area contributed by atoms with Crippen LogP contribution in [0.1, 0.15) is 39.3 Å². The lowest BCUT2D eigenvalue weighted by molar-refractivity contribution is 0.104. The summed E-state index contributed by atoms with van der Waals surface area (Å²) in [5, 5.41) is 1.42. The quantitative estimate of drug-likeness (QED) is 0.428. The molecule has 4 nitrogen and oxygen atoms in total. The summed E-state index contributed by atoms with van der Waals surface area (Å²) in [5.41, 5.74) is 10.9. The van der Waals surface area contributed by atoms with E-state index >= 15 is 0 Å². The normalized spacial score (nSPS) is 13.6. The highest BCUT2D eigenvalue weighted by molar-refractivity contribution is 7.21. The second-order valence-corrected chi connectivity index (χ2v) is 8.39. The molecule has 1 aliphatic carbocycles. The summed E-state index contributed by atoms with van der Waals surface area (Å²) < 4.78 is 5.74. The molecule has 0 saturated carbocycles. The largest absolute Gasteiger partial charge is 0.464 e. The lowest BCUT2D eigenvalue weighted by Crippen LogP contribution is -2.07. The van der Waals surface area contributed by atoms with E-state index in [9.17, 15) is 4.79 Å². The Hall–Kier alpha value is -2.63. The molecule has 0 spiro atoms. The molecule has 0 radical (unpaired) electrons. The van der Waals surface area contributed by atoms with Gasteiger partial charge in [-0.1, -0.05) is 11.6 Å². The van der Waals surface area contributed by atoms with Gasteiger partial charge >= 0.3 is 0 Å². The number of nitrogens with zero attached hydrogens (tertiary/aromatic N) is 1. The van der Waals surface area contributed by atoms with Crippen LogP contribution in [0.25, 0.3) is 21.5 Å². The Morgan fingerprint density at radius 1 is 1.14 bits per heavy atom. The standard InChI is InChI=1S/C22H17ClN2O2S/c23-13-9-7-12(8-10-13)20(26)21-19(24)18-17(16-6-3-11-27-16)14-4-1-2-5-15(14)25-22(18)28-21/h3,6-11H,1-2,4-5,24H2. The van der Waals surface area contributed by atoms with Gasteiger partial charge in [-0.2, -0.15) is 0 Å². The van der Waals surface area contributed by atoms with Crippen molar-refractivity contribution in [3.8, 4) is 11.3 Å². The Kier molecular flexibility index (Phi) is 4.22. The number of nitrogen functional groups attached to an aromatic ring is 1. The second-order valence-electron chi connectivity index (χ2n) is 6.96. The van der Waals surface area contributed by atoms with Crippen LogP contribution in [-0.2, 0) is 12.8 Å². The summed E-state index contributed by atoms with van der Waals surface area (Å²) in [4.78, 5) is 19.3. The van der Waals surface area contributed by atoms with Gasteiger partial charge in [0.15, 0.2) is 0 Å². The molecule has 0 unspecified atom stereocenters. The third-order valence-electron chi connectivity index (χ3n) is 5.23. The van der Waals surface area contributed by atoms with E-state index in [-0.39, 0.29) is 5.78 Å². The highest BCUT2D eigenvalue weighted by atomic mass is 35.5. The molecule has 140 valence electrons. The molecule has 4 aromatic rings. The fourth-order valence-corrected chi connectivity index (χ4v) is 5.11. The Labute approximate surface area is 171 Å². The number of hydrogen-bond acceptors (Lipinski definition) is 5. The molecule has 0 saturated heterocycles. The van der Waals surface area contributed by atoms with Crippen molar-refractivity contribution in [3.05, 3.63) is 69.4 Å². The second kappa shape index (κ2) is 6.76. The number of halogens is 1. The van der Waals surface area contributed by atoms with Gasteiger partial charge < -0.3 is 10.2 Å². The Morgan fingerprint density at radius 3 is 2.68 bits per heavy atom. The Morgan fingerprint density at radius 2 is 1.93 bits per heavy atom. The van der Waals surface area contributed by atoms with Crippen LogP contribution in [0.4, 0.5) is 5.69 Å². The topological polar surface area (TPSA) is 69.1 Å². The van der Waals surface area contributed by atoms with E-state index in [1.54, 1.807) is 30.5 Å². The van der Waals surface area contributed by atoms with Crippen molar-refractivity contribution in [1.29, 1.82) is 0 Å². The van der Waals surface area contributed by atoms with Crippen molar-refractivity contribution in [2.45, 2.75) is 25.7 Å². The van der Waals surface area contributed by atoms with Crippen LogP contribution in [-0.4, -0.2) is 10.8 Å². The predicted molar refractivity (Wildman–Crippen MR) is 113 cm³/mol. The average Bonchev–Trinajstić information content (AvgIpc) is 3.35. The van der Waals surface area contributed by atoms with Crippen LogP contribution in [0.3, 0.4) is 0 Å². The fraction of sp³-hybridized carbons (Fsp3) is 0.182. The van der Waals surface area contributed by atoms with Crippen molar-refractivity contribution >= 4 is 44.6 Å². The molecule has 0 atom stereocenters. The number of carbonyl (C=O) groups is 1. The third kappa shape index (κ3) is 2.74. The number of nitrogens with two attached hydrogens (primary N) is 1. The van der Waals surface area contributed by atoms with Crippen LogP contribution in [0.5, 0.6) is 0 Å². The van der Waals surface area contributed by atoms with E-state index < -0.39 is 0 Å². The van der Waals surface area contributed by atoms with Gasteiger partial charge in [0.05, 0.1) is 12.0 Å². The van der Waals surface area contributed by atoms with E-state index in [1.807, 2.05) is 12.1 Å². The van der Waals surface area contributed by atoms with Crippen molar-refractivity contribution in [2.75, 3.05) is 5.73 Å². The van der Waals surface area contributed by atoms with E-state index in [1.165, 1.54) is 16.9 Å². The van der Waals surface area contributed by atoms with Gasteiger partial charge in [-0.05, 0) is 67.6 Å². The molecule has 0 bridgehead atoms. The number of aryl methyl sites for hydroxylation is 1. The average molecular weight is 409 g/mol. The highest BCUT2D eigenvalue weighted by Crippen LogP contribution is 2.44. The maximum atomic E-state index is 13.1. The number of ketones is 1. The molecule has 3 heterocycles. The minimum absolute atomic E-state index is 0.111.